The maximum absolute atomic E-state index is 12.8. The quantitative estimate of drug-likeness (QED) is 0.0346. The molecule has 0 aromatic heterocycles. The second-order valence-electron chi connectivity index (χ2n) is 18.5. The monoisotopic (exact) mass is 895 g/mol. The summed E-state index contributed by atoms with van der Waals surface area (Å²) in [6, 6.07) is 0. The molecule has 5 nitrogen and oxygen atoms in total. The van der Waals surface area contributed by atoms with Crippen molar-refractivity contribution in [3.8, 4) is 0 Å². The number of esters is 2. The minimum absolute atomic E-state index is 0.0574. The predicted molar refractivity (Wildman–Crippen MR) is 279 cm³/mol. The molecule has 64 heavy (non-hydrogen) atoms. The summed E-state index contributed by atoms with van der Waals surface area (Å²) < 4.78 is 17.4. The van der Waals surface area contributed by atoms with Crippen LogP contribution >= 0.6 is 0 Å². The maximum atomic E-state index is 12.8. The fourth-order valence-corrected chi connectivity index (χ4v) is 7.85. The van der Waals surface area contributed by atoms with E-state index in [0.717, 1.165) is 64.2 Å². The number of carbonyl (C=O) groups is 2. The van der Waals surface area contributed by atoms with Crippen LogP contribution in [0.5, 0.6) is 0 Å². The average molecular weight is 895 g/mol. The Morgan fingerprint density at radius 2 is 0.672 bits per heavy atom. The van der Waals surface area contributed by atoms with E-state index >= 15 is 0 Å². The lowest BCUT2D eigenvalue weighted by molar-refractivity contribution is -0.163. The highest BCUT2D eigenvalue weighted by atomic mass is 16.6. The van der Waals surface area contributed by atoms with Gasteiger partial charge in [-0.15, -0.1) is 0 Å². The van der Waals surface area contributed by atoms with Gasteiger partial charge in [-0.05, 0) is 83.5 Å². The van der Waals surface area contributed by atoms with Gasteiger partial charge < -0.3 is 14.2 Å². The SMILES string of the molecule is CCCCC/C=C\C/C=C\C/C=C\C/C=C\CCCC(=O)OC[C@@H](COCCCCCCCCCCCCCCCCCC)OC(=O)CCCCCCCCC/C=C\CCCCCC. The molecule has 5 heteroatoms. The molecule has 372 valence electrons. The standard InChI is InChI=1S/C59H106O5/c1-4-7-10-13-16-19-22-25-28-30-32-34-37-40-43-46-49-52-58(60)63-56-57(55-62-54-51-48-45-42-39-36-33-29-26-23-20-17-14-11-8-5-2)64-59(61)53-50-47-44-41-38-35-31-27-24-21-18-15-12-9-6-3/h16,19,21,24-25,28,32,34,40,43,57H,4-15,17-18,20,22-23,26-27,29-31,33,35-39,41-42,44-56H2,1-3H3/b19-16-,24-21-,28-25-,34-32-,43-40-/t57-/m1/s1. The van der Waals surface area contributed by atoms with E-state index in [1.165, 1.54) is 180 Å². The zero-order valence-corrected chi connectivity index (χ0v) is 42.8. The Hall–Kier alpha value is -2.40. The highest BCUT2D eigenvalue weighted by Gasteiger charge is 2.17. The molecule has 0 saturated heterocycles. The number of hydrogen-bond acceptors (Lipinski definition) is 5. The Balaban J connectivity index is 4.34. The minimum atomic E-state index is -0.559. The molecule has 0 aliphatic heterocycles. The van der Waals surface area contributed by atoms with E-state index in [-0.39, 0.29) is 25.2 Å². The molecule has 0 radical (unpaired) electrons. The first-order valence-electron chi connectivity index (χ1n) is 27.8. The third-order valence-electron chi connectivity index (χ3n) is 12.0. The topological polar surface area (TPSA) is 61.8 Å². The molecule has 0 fully saturated rings. The molecule has 0 bridgehead atoms. The number of ether oxygens (including phenoxy) is 3. The highest BCUT2D eigenvalue weighted by molar-refractivity contribution is 5.70. The fraction of sp³-hybridized carbons (Fsp3) is 0.797. The van der Waals surface area contributed by atoms with Crippen molar-refractivity contribution >= 4 is 11.9 Å². The van der Waals surface area contributed by atoms with Crippen LogP contribution in [0.3, 0.4) is 0 Å². The van der Waals surface area contributed by atoms with Gasteiger partial charge >= 0.3 is 11.9 Å². The summed E-state index contributed by atoms with van der Waals surface area (Å²) >= 11 is 0. The van der Waals surface area contributed by atoms with Crippen LogP contribution in [0.2, 0.25) is 0 Å². The molecule has 0 heterocycles. The van der Waals surface area contributed by atoms with E-state index in [2.05, 4.69) is 81.5 Å². The van der Waals surface area contributed by atoms with Gasteiger partial charge in [0.15, 0.2) is 6.10 Å². The lowest BCUT2D eigenvalue weighted by Gasteiger charge is -2.18. The van der Waals surface area contributed by atoms with Crippen molar-refractivity contribution in [2.24, 2.45) is 0 Å². The predicted octanol–water partition coefficient (Wildman–Crippen LogP) is 18.9. The van der Waals surface area contributed by atoms with Crippen molar-refractivity contribution < 1.29 is 23.8 Å². The first-order chi connectivity index (χ1) is 31.6. The van der Waals surface area contributed by atoms with Crippen molar-refractivity contribution in [3.63, 3.8) is 0 Å². The van der Waals surface area contributed by atoms with Crippen LogP contribution in [0, 0.1) is 0 Å². The van der Waals surface area contributed by atoms with Crippen molar-refractivity contribution in [2.45, 2.75) is 284 Å². The third kappa shape index (κ3) is 52.2. The van der Waals surface area contributed by atoms with Gasteiger partial charge in [0.1, 0.15) is 6.61 Å². The van der Waals surface area contributed by atoms with E-state index in [1.54, 1.807) is 0 Å². The van der Waals surface area contributed by atoms with Crippen LogP contribution in [-0.4, -0.2) is 37.9 Å². The Bertz CT molecular complexity index is 1100. The van der Waals surface area contributed by atoms with E-state index < -0.39 is 6.10 Å². The number of rotatable bonds is 51. The molecule has 0 saturated carbocycles. The van der Waals surface area contributed by atoms with Gasteiger partial charge in [-0.25, -0.2) is 0 Å². The van der Waals surface area contributed by atoms with Crippen LogP contribution in [-0.2, 0) is 23.8 Å². The fourth-order valence-electron chi connectivity index (χ4n) is 7.85. The van der Waals surface area contributed by atoms with Crippen molar-refractivity contribution in [2.75, 3.05) is 19.8 Å². The summed E-state index contributed by atoms with van der Waals surface area (Å²) in [6.45, 7) is 7.77. The van der Waals surface area contributed by atoms with E-state index in [4.69, 9.17) is 14.2 Å². The van der Waals surface area contributed by atoms with Gasteiger partial charge in [0.2, 0.25) is 0 Å². The molecule has 0 aliphatic rings. The first kappa shape index (κ1) is 61.6. The second-order valence-corrected chi connectivity index (χ2v) is 18.5. The molecule has 0 rings (SSSR count). The van der Waals surface area contributed by atoms with E-state index in [0.29, 0.717) is 19.4 Å². The number of hydrogen-bond donors (Lipinski definition) is 0. The number of allylic oxidation sites excluding steroid dienone is 10. The smallest absolute Gasteiger partial charge is 0.306 e. The van der Waals surface area contributed by atoms with Crippen LogP contribution < -0.4 is 0 Å². The maximum Gasteiger partial charge on any atom is 0.306 e. The Morgan fingerprint density at radius 3 is 1.16 bits per heavy atom. The van der Waals surface area contributed by atoms with Crippen molar-refractivity contribution in [3.05, 3.63) is 60.8 Å². The van der Waals surface area contributed by atoms with Gasteiger partial charge in [0.25, 0.3) is 0 Å². The first-order valence-corrected chi connectivity index (χ1v) is 27.8. The Morgan fingerprint density at radius 1 is 0.344 bits per heavy atom. The summed E-state index contributed by atoms with van der Waals surface area (Å²) in [5.41, 5.74) is 0. The summed E-state index contributed by atoms with van der Waals surface area (Å²) in [5.74, 6) is -0.456. The van der Waals surface area contributed by atoms with Crippen molar-refractivity contribution in [1.29, 1.82) is 0 Å². The molecule has 1 atom stereocenters. The second kappa shape index (κ2) is 54.9. The number of carbonyl (C=O) groups excluding carboxylic acids is 2. The molecule has 0 aromatic rings. The molecule has 0 unspecified atom stereocenters. The zero-order valence-electron chi connectivity index (χ0n) is 42.8. The van der Waals surface area contributed by atoms with Crippen LogP contribution in [0.15, 0.2) is 60.8 Å². The largest absolute Gasteiger partial charge is 0.462 e. The average Bonchev–Trinajstić information content (AvgIpc) is 3.30. The molecule has 0 spiro atoms. The summed E-state index contributed by atoms with van der Waals surface area (Å²) in [7, 11) is 0. The molecule has 0 N–H and O–H groups in total. The molecule has 0 aliphatic carbocycles. The Kier molecular flexibility index (Phi) is 52.9. The summed E-state index contributed by atoms with van der Waals surface area (Å²) in [6.07, 6.45) is 69.5. The molecule has 0 amide bonds. The molecular formula is C59H106O5. The third-order valence-corrected chi connectivity index (χ3v) is 12.0. The lowest BCUT2D eigenvalue weighted by atomic mass is 10.0. The molecular weight excluding hydrogens is 789 g/mol. The summed E-state index contributed by atoms with van der Waals surface area (Å²) in [5, 5.41) is 0. The number of unbranched alkanes of at least 4 members (excludes halogenated alkanes) is 30. The molecule has 0 aromatic carbocycles. The van der Waals surface area contributed by atoms with Gasteiger partial charge in [0, 0.05) is 19.4 Å². The van der Waals surface area contributed by atoms with E-state index in [9.17, 15) is 9.59 Å². The zero-order chi connectivity index (χ0) is 46.3. The lowest BCUT2D eigenvalue weighted by Crippen LogP contribution is -2.30. The van der Waals surface area contributed by atoms with Gasteiger partial charge in [-0.3, -0.25) is 9.59 Å². The van der Waals surface area contributed by atoms with Crippen LogP contribution in [0.4, 0.5) is 0 Å². The van der Waals surface area contributed by atoms with Crippen LogP contribution in [0.25, 0.3) is 0 Å². The Labute approximate surface area is 398 Å². The minimum Gasteiger partial charge on any atom is -0.462 e. The van der Waals surface area contributed by atoms with E-state index in [1.807, 2.05) is 0 Å². The summed E-state index contributed by atoms with van der Waals surface area (Å²) in [4.78, 5) is 25.4. The highest BCUT2D eigenvalue weighted by Crippen LogP contribution is 2.15. The normalized spacial score (nSPS) is 12.6. The van der Waals surface area contributed by atoms with Gasteiger partial charge in [-0.2, -0.15) is 0 Å². The van der Waals surface area contributed by atoms with Gasteiger partial charge in [0.05, 0.1) is 6.61 Å². The van der Waals surface area contributed by atoms with Gasteiger partial charge in [-0.1, -0.05) is 242 Å². The van der Waals surface area contributed by atoms with Crippen LogP contribution in [0.1, 0.15) is 278 Å². The van der Waals surface area contributed by atoms with Crippen molar-refractivity contribution in [1.82, 2.24) is 0 Å².